The molecule has 6 heteroatoms. The molecule has 0 saturated carbocycles. The summed E-state index contributed by atoms with van der Waals surface area (Å²) in [6.45, 7) is 2.74. The number of nitrogens with one attached hydrogen (secondary N) is 1. The van der Waals surface area contributed by atoms with E-state index in [-0.39, 0.29) is 29.9 Å². The van der Waals surface area contributed by atoms with E-state index in [0.29, 0.717) is 0 Å². The lowest BCUT2D eigenvalue weighted by atomic mass is 10.0. The third kappa shape index (κ3) is 7.38. The molecule has 0 aliphatic carbocycles. The maximum atomic E-state index is 12.2. The van der Waals surface area contributed by atoms with E-state index < -0.39 is 0 Å². The van der Waals surface area contributed by atoms with Crippen LogP contribution in [0.1, 0.15) is 34.3 Å². The zero-order valence-electron chi connectivity index (χ0n) is 18.7. The molecule has 1 aliphatic rings. The van der Waals surface area contributed by atoms with Gasteiger partial charge in [-0.2, -0.15) is 0 Å². The lowest BCUT2D eigenvalue weighted by Gasteiger charge is -2.31. The highest BCUT2D eigenvalue weighted by Crippen LogP contribution is 2.19. The topological polar surface area (TPSA) is 47.9 Å². The molecule has 0 unspecified atom stereocenters. The van der Waals surface area contributed by atoms with Gasteiger partial charge in [-0.1, -0.05) is 54.1 Å². The van der Waals surface area contributed by atoms with Crippen molar-refractivity contribution in [2.24, 2.45) is 4.99 Å². The van der Waals surface area contributed by atoms with Gasteiger partial charge in [0.2, 0.25) is 0 Å². The summed E-state index contributed by atoms with van der Waals surface area (Å²) in [5.74, 6) is 0.989. The van der Waals surface area contributed by atoms with Gasteiger partial charge in [-0.15, -0.1) is 24.0 Å². The molecule has 1 N–H and O–H groups in total. The molecule has 1 aliphatic heterocycles. The smallest absolute Gasteiger partial charge is 0.253 e. The predicted molar refractivity (Wildman–Crippen MR) is 140 cm³/mol. The van der Waals surface area contributed by atoms with Crippen LogP contribution in [0.4, 0.5) is 0 Å². The van der Waals surface area contributed by atoms with Crippen molar-refractivity contribution < 1.29 is 4.79 Å². The van der Waals surface area contributed by atoms with Gasteiger partial charge in [-0.05, 0) is 42.5 Å². The molecule has 1 saturated heterocycles. The van der Waals surface area contributed by atoms with E-state index in [1.165, 1.54) is 11.1 Å². The van der Waals surface area contributed by atoms with Crippen LogP contribution in [0, 0.1) is 0 Å². The maximum Gasteiger partial charge on any atom is 0.253 e. The fourth-order valence-electron chi connectivity index (χ4n) is 3.70. The maximum absolute atomic E-state index is 12.2. The van der Waals surface area contributed by atoms with Crippen LogP contribution < -0.4 is 5.32 Å². The molecule has 0 bridgehead atoms. The van der Waals surface area contributed by atoms with Gasteiger partial charge < -0.3 is 15.1 Å². The third-order valence-electron chi connectivity index (χ3n) is 5.36. The van der Waals surface area contributed by atoms with E-state index in [1.54, 1.807) is 19.0 Å². The molecule has 1 fully saturated rings. The van der Waals surface area contributed by atoms with Gasteiger partial charge in [0.15, 0.2) is 5.96 Å². The van der Waals surface area contributed by atoms with Crippen LogP contribution in [-0.4, -0.2) is 62.4 Å². The minimum atomic E-state index is 0. The van der Waals surface area contributed by atoms with Crippen molar-refractivity contribution in [3.63, 3.8) is 0 Å². The first-order valence-corrected chi connectivity index (χ1v) is 10.6. The summed E-state index contributed by atoms with van der Waals surface area (Å²) in [4.78, 5) is 20.6. The number of piperidine rings is 1. The van der Waals surface area contributed by atoms with Crippen molar-refractivity contribution >= 4 is 41.9 Å². The number of hydrogen-bond acceptors (Lipinski definition) is 2. The van der Waals surface area contributed by atoms with Crippen LogP contribution in [0.5, 0.6) is 0 Å². The molecule has 1 heterocycles. The molecule has 1 amide bonds. The van der Waals surface area contributed by atoms with Crippen LogP contribution in [-0.2, 0) is 6.42 Å². The second-order valence-electron chi connectivity index (χ2n) is 7.82. The summed E-state index contributed by atoms with van der Waals surface area (Å²) in [7, 11) is 5.40. The summed E-state index contributed by atoms with van der Waals surface area (Å²) >= 11 is 0. The van der Waals surface area contributed by atoms with Gasteiger partial charge in [0, 0.05) is 46.3 Å². The van der Waals surface area contributed by atoms with E-state index in [1.807, 2.05) is 25.2 Å². The second kappa shape index (κ2) is 12.5. The van der Waals surface area contributed by atoms with Crippen LogP contribution in [0.2, 0.25) is 0 Å². The van der Waals surface area contributed by atoms with Gasteiger partial charge in [-0.25, -0.2) is 0 Å². The molecule has 5 nitrogen and oxygen atoms in total. The number of aliphatic imine (C=N–C) groups is 1. The minimum absolute atomic E-state index is 0. The Morgan fingerprint density at radius 3 is 2.45 bits per heavy atom. The first-order valence-electron chi connectivity index (χ1n) is 10.6. The van der Waals surface area contributed by atoms with E-state index in [4.69, 9.17) is 0 Å². The molecule has 0 atom stereocenters. The Kier molecular flexibility index (Phi) is 10.0. The van der Waals surface area contributed by atoms with Gasteiger partial charge in [0.1, 0.15) is 0 Å². The summed E-state index contributed by atoms with van der Waals surface area (Å²) in [5, 5.41) is 3.48. The number of amides is 1. The largest absolute Gasteiger partial charge is 0.356 e. The zero-order valence-corrected chi connectivity index (χ0v) is 21.0. The standard InChI is InChI=1S/C25H32N4O.HI/c1-26-25(27-15-12-21-10-7-11-23(19-21)24(30)28(2)3)29-16-13-22(14-17-29)18-20-8-5-4-6-9-20;/h4-11,18-19H,12-17H2,1-3H3,(H,26,27);1H. The van der Waals surface area contributed by atoms with Gasteiger partial charge in [0.25, 0.3) is 5.91 Å². The Morgan fingerprint density at radius 2 is 1.81 bits per heavy atom. The quantitative estimate of drug-likeness (QED) is 0.355. The second-order valence-corrected chi connectivity index (χ2v) is 7.82. The van der Waals surface area contributed by atoms with Crippen molar-refractivity contribution in [2.45, 2.75) is 19.3 Å². The van der Waals surface area contributed by atoms with Crippen molar-refractivity contribution in [1.29, 1.82) is 0 Å². The molecule has 0 aromatic heterocycles. The van der Waals surface area contributed by atoms with Crippen LogP contribution in [0.15, 0.2) is 65.2 Å². The summed E-state index contributed by atoms with van der Waals surface area (Å²) in [5.41, 5.74) is 4.65. The van der Waals surface area contributed by atoms with Gasteiger partial charge >= 0.3 is 0 Å². The fourth-order valence-corrected chi connectivity index (χ4v) is 3.70. The SMILES string of the molecule is CN=C(NCCc1cccc(C(=O)N(C)C)c1)N1CCC(=Cc2ccccc2)CC1.I. The fraction of sp³-hybridized carbons (Fsp3) is 0.360. The number of rotatable bonds is 5. The number of benzene rings is 2. The monoisotopic (exact) mass is 532 g/mol. The molecule has 2 aromatic rings. The normalized spacial score (nSPS) is 14.0. The third-order valence-corrected chi connectivity index (χ3v) is 5.36. The molecule has 3 rings (SSSR count). The van der Waals surface area contributed by atoms with E-state index in [0.717, 1.165) is 56.0 Å². The van der Waals surface area contributed by atoms with Crippen molar-refractivity contribution in [1.82, 2.24) is 15.1 Å². The molecule has 166 valence electrons. The van der Waals surface area contributed by atoms with E-state index in [2.05, 4.69) is 57.7 Å². The lowest BCUT2D eigenvalue weighted by Crippen LogP contribution is -2.45. The number of carbonyl (C=O) groups is 1. The van der Waals surface area contributed by atoms with Gasteiger partial charge in [0.05, 0.1) is 0 Å². The number of hydrogen-bond donors (Lipinski definition) is 1. The summed E-state index contributed by atoms with van der Waals surface area (Å²) < 4.78 is 0. The average molecular weight is 532 g/mol. The predicted octanol–water partition coefficient (Wildman–Crippen LogP) is 4.30. The number of likely N-dealkylation sites (tertiary alicyclic amines) is 1. The first kappa shape index (κ1) is 24.9. The minimum Gasteiger partial charge on any atom is -0.356 e. The van der Waals surface area contributed by atoms with Gasteiger partial charge in [-0.3, -0.25) is 9.79 Å². The first-order chi connectivity index (χ1) is 14.6. The molecule has 0 radical (unpaired) electrons. The van der Waals surface area contributed by atoms with Crippen molar-refractivity contribution in [2.75, 3.05) is 40.8 Å². The molecule has 31 heavy (non-hydrogen) atoms. The molecule has 2 aromatic carbocycles. The Labute approximate surface area is 203 Å². The summed E-state index contributed by atoms with van der Waals surface area (Å²) in [6, 6.07) is 18.4. The van der Waals surface area contributed by atoms with Crippen molar-refractivity contribution in [3.8, 4) is 0 Å². The Hall–Kier alpha value is -2.35. The number of carbonyl (C=O) groups excluding carboxylic acids is 1. The Morgan fingerprint density at radius 1 is 1.10 bits per heavy atom. The Balaban J connectivity index is 0.00000341. The molecule has 0 spiro atoms. The summed E-state index contributed by atoms with van der Waals surface area (Å²) in [6.07, 6.45) is 5.28. The van der Waals surface area contributed by atoms with Crippen LogP contribution in [0.3, 0.4) is 0 Å². The zero-order chi connectivity index (χ0) is 21.3. The highest BCUT2D eigenvalue weighted by Gasteiger charge is 2.17. The highest BCUT2D eigenvalue weighted by molar-refractivity contribution is 14.0. The van der Waals surface area contributed by atoms with Crippen LogP contribution in [0.25, 0.3) is 6.08 Å². The van der Waals surface area contributed by atoms with E-state index >= 15 is 0 Å². The molecular formula is C25H33IN4O. The van der Waals surface area contributed by atoms with E-state index in [9.17, 15) is 4.79 Å². The van der Waals surface area contributed by atoms with Crippen molar-refractivity contribution in [3.05, 3.63) is 76.9 Å². The number of halogens is 1. The molecular weight excluding hydrogens is 499 g/mol. The highest BCUT2D eigenvalue weighted by atomic mass is 127. The number of guanidine groups is 1. The lowest BCUT2D eigenvalue weighted by molar-refractivity contribution is 0.0827. The Bertz CT molecular complexity index is 899. The average Bonchev–Trinajstić information content (AvgIpc) is 2.78. The van der Waals surface area contributed by atoms with Crippen LogP contribution >= 0.6 is 24.0 Å². The number of nitrogens with zero attached hydrogens (tertiary/aromatic N) is 3.